The number of nitrogens with zero attached hydrogens (tertiary/aromatic N) is 2. The number of piperidine rings is 1. The van der Waals surface area contributed by atoms with Crippen LogP contribution < -0.4 is 4.90 Å². The van der Waals surface area contributed by atoms with Gasteiger partial charge in [-0.1, -0.05) is 40.2 Å². The minimum atomic E-state index is -3.31. The lowest BCUT2D eigenvalue weighted by Crippen LogP contribution is -2.39. The number of sulfone groups is 1. The molecule has 0 bridgehead atoms. The zero-order chi connectivity index (χ0) is 21.3. The Kier molecular flexibility index (Phi) is 6.32. The fraction of sp³-hybridized carbons (Fsp3) is 0.348. The molecule has 1 saturated heterocycles. The molecule has 1 aromatic heterocycles. The summed E-state index contributed by atoms with van der Waals surface area (Å²) in [5.74, 6) is 0. The second-order valence-electron chi connectivity index (χ2n) is 7.91. The van der Waals surface area contributed by atoms with Crippen LogP contribution in [0.3, 0.4) is 0 Å². The molecule has 0 unspecified atom stereocenters. The second kappa shape index (κ2) is 8.81. The third kappa shape index (κ3) is 4.63. The highest BCUT2D eigenvalue weighted by atomic mass is 79.9. The highest BCUT2D eigenvalue weighted by Gasteiger charge is 2.32. The standard InChI is InChI=1S/C23H25BrN2O2S2/c1-16-6-7-18(12-17(16)2)13-20-15-29-23(25-20)26-10-8-21(9-11-26)30(27,28)22-5-3-4-19(24)14-22/h3-7,12,14-15,21H,8-11,13H2,1-2H3. The number of aromatic nitrogens is 1. The van der Waals surface area contributed by atoms with Crippen molar-refractivity contribution in [1.82, 2.24) is 4.98 Å². The molecule has 0 amide bonds. The highest BCUT2D eigenvalue weighted by Crippen LogP contribution is 2.30. The van der Waals surface area contributed by atoms with Crippen LogP contribution in [0.2, 0.25) is 0 Å². The molecule has 4 rings (SSSR count). The summed E-state index contributed by atoms with van der Waals surface area (Å²) in [6, 6.07) is 13.6. The quantitative estimate of drug-likeness (QED) is 0.456. The van der Waals surface area contributed by atoms with E-state index >= 15 is 0 Å². The van der Waals surface area contributed by atoms with E-state index in [1.54, 1.807) is 29.5 Å². The summed E-state index contributed by atoms with van der Waals surface area (Å²) >= 11 is 5.02. The fourth-order valence-corrected chi connectivity index (χ4v) is 7.04. The molecule has 2 heterocycles. The van der Waals surface area contributed by atoms with Crippen molar-refractivity contribution in [3.8, 4) is 0 Å². The molecule has 2 aromatic carbocycles. The third-order valence-electron chi connectivity index (χ3n) is 5.77. The van der Waals surface area contributed by atoms with Crippen molar-refractivity contribution in [3.05, 3.63) is 74.7 Å². The summed E-state index contributed by atoms with van der Waals surface area (Å²) in [6.45, 7) is 5.70. The van der Waals surface area contributed by atoms with Gasteiger partial charge in [-0.2, -0.15) is 0 Å². The van der Waals surface area contributed by atoms with Gasteiger partial charge in [0.05, 0.1) is 15.8 Å². The van der Waals surface area contributed by atoms with E-state index in [9.17, 15) is 8.42 Å². The Hall–Kier alpha value is -1.70. The molecule has 0 saturated carbocycles. The van der Waals surface area contributed by atoms with Gasteiger partial charge in [0, 0.05) is 29.4 Å². The summed E-state index contributed by atoms with van der Waals surface area (Å²) < 4.78 is 26.8. The predicted molar refractivity (Wildman–Crippen MR) is 127 cm³/mol. The van der Waals surface area contributed by atoms with Crippen LogP contribution in [0.15, 0.2) is 57.2 Å². The normalized spacial score (nSPS) is 15.5. The molecule has 0 radical (unpaired) electrons. The number of anilines is 1. The van der Waals surface area contributed by atoms with E-state index in [4.69, 9.17) is 4.98 Å². The van der Waals surface area contributed by atoms with Crippen molar-refractivity contribution in [2.24, 2.45) is 0 Å². The lowest BCUT2D eigenvalue weighted by molar-refractivity contribution is 0.529. The van der Waals surface area contributed by atoms with Gasteiger partial charge >= 0.3 is 0 Å². The third-order valence-corrected chi connectivity index (χ3v) is 9.48. The first kappa shape index (κ1) is 21.5. The number of thiazole rings is 1. The molecule has 1 aliphatic heterocycles. The summed E-state index contributed by atoms with van der Waals surface area (Å²) in [4.78, 5) is 7.45. The van der Waals surface area contributed by atoms with Gasteiger partial charge in [0.25, 0.3) is 0 Å². The Morgan fingerprint density at radius 1 is 1.10 bits per heavy atom. The van der Waals surface area contributed by atoms with Crippen molar-refractivity contribution >= 4 is 42.2 Å². The van der Waals surface area contributed by atoms with E-state index in [1.165, 1.54) is 16.7 Å². The molecule has 4 nitrogen and oxygen atoms in total. The van der Waals surface area contributed by atoms with Crippen LogP contribution in [-0.4, -0.2) is 31.7 Å². The molecule has 0 atom stereocenters. The lowest BCUT2D eigenvalue weighted by Gasteiger charge is -2.31. The Bertz CT molecular complexity index is 1150. The Morgan fingerprint density at radius 3 is 2.57 bits per heavy atom. The SMILES string of the molecule is Cc1ccc(Cc2csc(N3CCC(S(=O)(=O)c4cccc(Br)c4)CC3)n2)cc1C. The molecule has 0 aliphatic carbocycles. The van der Waals surface area contributed by atoms with Crippen LogP contribution in [0, 0.1) is 13.8 Å². The Morgan fingerprint density at radius 2 is 1.87 bits per heavy atom. The molecule has 1 fully saturated rings. The molecule has 3 aromatic rings. The van der Waals surface area contributed by atoms with Crippen molar-refractivity contribution in [1.29, 1.82) is 0 Å². The van der Waals surface area contributed by atoms with Gasteiger partial charge in [0.2, 0.25) is 0 Å². The Labute approximate surface area is 191 Å². The lowest BCUT2D eigenvalue weighted by atomic mass is 10.0. The Balaban J connectivity index is 1.40. The number of benzene rings is 2. The largest absolute Gasteiger partial charge is 0.348 e. The van der Waals surface area contributed by atoms with Gasteiger partial charge in [-0.3, -0.25) is 0 Å². The smallest absolute Gasteiger partial charge is 0.185 e. The van der Waals surface area contributed by atoms with Crippen LogP contribution in [0.4, 0.5) is 5.13 Å². The van der Waals surface area contributed by atoms with Crippen LogP contribution in [0.5, 0.6) is 0 Å². The van der Waals surface area contributed by atoms with E-state index in [0.29, 0.717) is 30.8 Å². The van der Waals surface area contributed by atoms with Crippen molar-refractivity contribution in [3.63, 3.8) is 0 Å². The fourth-order valence-electron chi connectivity index (χ4n) is 3.84. The molecule has 0 N–H and O–H groups in total. The van der Waals surface area contributed by atoms with Crippen LogP contribution in [-0.2, 0) is 16.3 Å². The minimum absolute atomic E-state index is 0.335. The number of aryl methyl sites for hydroxylation is 2. The van der Waals surface area contributed by atoms with Crippen LogP contribution in [0.1, 0.15) is 35.2 Å². The number of hydrogen-bond donors (Lipinski definition) is 0. The first-order valence-electron chi connectivity index (χ1n) is 10.1. The molecule has 7 heteroatoms. The predicted octanol–water partition coefficient (Wildman–Crippen LogP) is 5.56. The van der Waals surface area contributed by atoms with Crippen LogP contribution in [0.25, 0.3) is 0 Å². The average molecular weight is 506 g/mol. The molecule has 1 aliphatic rings. The monoisotopic (exact) mass is 504 g/mol. The van der Waals surface area contributed by atoms with E-state index in [0.717, 1.165) is 21.7 Å². The van der Waals surface area contributed by atoms with Gasteiger partial charge in [-0.05, 0) is 61.6 Å². The van der Waals surface area contributed by atoms with Gasteiger partial charge in [0.15, 0.2) is 15.0 Å². The topological polar surface area (TPSA) is 50.3 Å². The minimum Gasteiger partial charge on any atom is -0.348 e. The summed E-state index contributed by atoms with van der Waals surface area (Å²) in [5, 5.41) is 2.78. The van der Waals surface area contributed by atoms with Gasteiger partial charge in [-0.25, -0.2) is 13.4 Å². The van der Waals surface area contributed by atoms with Gasteiger partial charge in [0.1, 0.15) is 0 Å². The first-order valence-corrected chi connectivity index (χ1v) is 13.3. The van der Waals surface area contributed by atoms with Crippen LogP contribution >= 0.6 is 27.3 Å². The summed E-state index contributed by atoms with van der Waals surface area (Å²) in [6.07, 6.45) is 2.08. The summed E-state index contributed by atoms with van der Waals surface area (Å²) in [5.41, 5.74) is 4.95. The average Bonchev–Trinajstić information content (AvgIpc) is 3.19. The van der Waals surface area contributed by atoms with Gasteiger partial charge in [-0.15, -0.1) is 11.3 Å². The zero-order valence-electron chi connectivity index (χ0n) is 17.1. The molecule has 0 spiro atoms. The van der Waals surface area contributed by atoms with Crippen molar-refractivity contribution < 1.29 is 8.42 Å². The molecular weight excluding hydrogens is 480 g/mol. The highest BCUT2D eigenvalue weighted by molar-refractivity contribution is 9.10. The van der Waals surface area contributed by atoms with Gasteiger partial charge < -0.3 is 4.90 Å². The molecular formula is C23H25BrN2O2S2. The van der Waals surface area contributed by atoms with E-state index in [1.807, 2.05) is 6.07 Å². The van der Waals surface area contributed by atoms with E-state index in [2.05, 4.69) is 58.3 Å². The number of rotatable bonds is 5. The zero-order valence-corrected chi connectivity index (χ0v) is 20.4. The van der Waals surface area contributed by atoms with Crippen molar-refractivity contribution in [2.75, 3.05) is 18.0 Å². The number of hydrogen-bond acceptors (Lipinski definition) is 5. The molecule has 30 heavy (non-hydrogen) atoms. The maximum Gasteiger partial charge on any atom is 0.185 e. The van der Waals surface area contributed by atoms with Crippen molar-refractivity contribution in [2.45, 2.75) is 43.3 Å². The first-order chi connectivity index (χ1) is 14.3. The van der Waals surface area contributed by atoms with E-state index < -0.39 is 9.84 Å². The summed E-state index contributed by atoms with van der Waals surface area (Å²) in [7, 11) is -3.31. The number of halogens is 1. The van der Waals surface area contributed by atoms with E-state index in [-0.39, 0.29) is 5.25 Å². The molecule has 158 valence electrons. The maximum atomic E-state index is 13.0. The second-order valence-corrected chi connectivity index (χ2v) is 11.9. The maximum absolute atomic E-state index is 13.0.